The monoisotopic (exact) mass is 285 g/mol. The van der Waals surface area contributed by atoms with Crippen LogP contribution in [-0.2, 0) is 9.59 Å². The molecule has 0 saturated heterocycles. The van der Waals surface area contributed by atoms with Gasteiger partial charge in [-0.05, 0) is 19.8 Å². The second-order valence-corrected chi connectivity index (χ2v) is 5.20. The zero-order valence-electron chi connectivity index (χ0n) is 12.2. The van der Waals surface area contributed by atoms with Gasteiger partial charge in [-0.2, -0.15) is 0 Å². The van der Waals surface area contributed by atoms with Gasteiger partial charge >= 0.3 is 6.03 Å². The first-order chi connectivity index (χ1) is 9.52. The maximum atomic E-state index is 11.8. The standard InChI is InChI=1S/C13H24N4O3/c1-9(15-8-11(18)14-2)12(19)17-13(20)16-10-6-4-3-5-7-10/h9-10,15H,3-8H2,1-2H3,(H,14,18)(H2,16,17,19,20)/p+1/t9-/m0/s1. The summed E-state index contributed by atoms with van der Waals surface area (Å²) in [5.74, 6) is -0.543. The predicted octanol–water partition coefficient (Wildman–Crippen LogP) is -1.16. The molecule has 1 saturated carbocycles. The van der Waals surface area contributed by atoms with E-state index in [9.17, 15) is 14.4 Å². The zero-order valence-corrected chi connectivity index (χ0v) is 12.2. The number of amides is 4. The molecular weight excluding hydrogens is 260 g/mol. The molecule has 0 aromatic carbocycles. The van der Waals surface area contributed by atoms with Gasteiger partial charge < -0.3 is 16.0 Å². The molecule has 1 fully saturated rings. The van der Waals surface area contributed by atoms with Crippen molar-refractivity contribution in [2.24, 2.45) is 0 Å². The van der Waals surface area contributed by atoms with E-state index >= 15 is 0 Å². The van der Waals surface area contributed by atoms with E-state index in [0.717, 1.165) is 25.7 Å². The van der Waals surface area contributed by atoms with Crippen molar-refractivity contribution in [3.05, 3.63) is 0 Å². The van der Waals surface area contributed by atoms with Crippen LogP contribution in [0.5, 0.6) is 0 Å². The number of hydrogen-bond donors (Lipinski definition) is 4. The minimum Gasteiger partial charge on any atom is -0.354 e. The van der Waals surface area contributed by atoms with Gasteiger partial charge in [-0.3, -0.25) is 14.9 Å². The van der Waals surface area contributed by atoms with Gasteiger partial charge in [0.05, 0.1) is 0 Å². The van der Waals surface area contributed by atoms with Gasteiger partial charge in [-0.1, -0.05) is 19.3 Å². The van der Waals surface area contributed by atoms with Crippen LogP contribution in [0.4, 0.5) is 4.79 Å². The van der Waals surface area contributed by atoms with Crippen LogP contribution in [0.15, 0.2) is 0 Å². The van der Waals surface area contributed by atoms with Crippen molar-refractivity contribution in [1.29, 1.82) is 0 Å². The number of quaternary nitrogens is 1. The number of hydrogen-bond acceptors (Lipinski definition) is 3. The molecule has 0 bridgehead atoms. The summed E-state index contributed by atoms with van der Waals surface area (Å²) in [5.41, 5.74) is 0. The van der Waals surface area contributed by atoms with E-state index in [1.807, 2.05) is 0 Å². The first kappa shape index (κ1) is 16.4. The number of carbonyl (C=O) groups excluding carboxylic acids is 3. The third kappa shape index (κ3) is 6.01. The molecule has 0 unspecified atom stereocenters. The third-order valence-corrected chi connectivity index (χ3v) is 3.53. The Bertz CT molecular complexity index is 354. The summed E-state index contributed by atoms with van der Waals surface area (Å²) in [6.07, 6.45) is 5.40. The van der Waals surface area contributed by atoms with Crippen molar-refractivity contribution in [3.63, 3.8) is 0 Å². The number of urea groups is 1. The molecule has 1 aliphatic carbocycles. The van der Waals surface area contributed by atoms with Crippen molar-refractivity contribution in [3.8, 4) is 0 Å². The number of carbonyl (C=O) groups is 3. The molecule has 0 spiro atoms. The lowest BCUT2D eigenvalue weighted by molar-refractivity contribution is -0.663. The Morgan fingerprint density at radius 3 is 2.45 bits per heavy atom. The van der Waals surface area contributed by atoms with E-state index in [-0.39, 0.29) is 24.4 Å². The Hall–Kier alpha value is -1.63. The minimum atomic E-state index is -0.482. The van der Waals surface area contributed by atoms with Crippen LogP contribution >= 0.6 is 0 Å². The normalized spacial score (nSPS) is 17.1. The second-order valence-electron chi connectivity index (χ2n) is 5.20. The molecular formula is C13H25N4O3+. The molecule has 114 valence electrons. The van der Waals surface area contributed by atoms with Crippen LogP contribution in [-0.4, -0.2) is 43.5 Å². The highest BCUT2D eigenvalue weighted by Crippen LogP contribution is 2.16. The summed E-state index contributed by atoms with van der Waals surface area (Å²) in [6, 6.07) is -0.756. The first-order valence-corrected chi connectivity index (χ1v) is 7.18. The Kier molecular flexibility index (Phi) is 7.00. The van der Waals surface area contributed by atoms with E-state index in [2.05, 4.69) is 16.0 Å². The van der Waals surface area contributed by atoms with E-state index in [1.165, 1.54) is 6.42 Å². The Morgan fingerprint density at radius 2 is 1.85 bits per heavy atom. The van der Waals surface area contributed by atoms with Crippen LogP contribution in [0.1, 0.15) is 39.0 Å². The maximum absolute atomic E-state index is 11.8. The molecule has 1 aliphatic rings. The molecule has 20 heavy (non-hydrogen) atoms. The van der Waals surface area contributed by atoms with Gasteiger partial charge in [0.2, 0.25) is 0 Å². The average Bonchev–Trinajstić information content (AvgIpc) is 2.45. The van der Waals surface area contributed by atoms with Crippen molar-refractivity contribution < 1.29 is 19.7 Å². The van der Waals surface area contributed by atoms with Crippen LogP contribution < -0.4 is 21.3 Å². The Labute approximate surface area is 119 Å². The molecule has 0 aliphatic heterocycles. The van der Waals surface area contributed by atoms with Gasteiger partial charge in [0, 0.05) is 13.1 Å². The van der Waals surface area contributed by atoms with Gasteiger partial charge in [-0.25, -0.2) is 4.79 Å². The second kappa shape index (κ2) is 8.52. The Balaban J connectivity index is 2.25. The van der Waals surface area contributed by atoms with Gasteiger partial charge in [-0.15, -0.1) is 0 Å². The number of nitrogens with one attached hydrogen (secondary N) is 3. The summed E-state index contributed by atoms with van der Waals surface area (Å²) >= 11 is 0. The molecule has 0 aromatic heterocycles. The summed E-state index contributed by atoms with van der Waals surface area (Å²) in [7, 11) is 1.54. The summed E-state index contributed by atoms with van der Waals surface area (Å²) in [5, 5.41) is 9.19. The molecule has 7 heteroatoms. The molecule has 1 rings (SSSR count). The number of rotatable bonds is 5. The lowest BCUT2D eigenvalue weighted by Gasteiger charge is -2.22. The van der Waals surface area contributed by atoms with Crippen molar-refractivity contribution >= 4 is 17.8 Å². The lowest BCUT2D eigenvalue weighted by atomic mass is 9.96. The van der Waals surface area contributed by atoms with E-state index < -0.39 is 12.1 Å². The quantitative estimate of drug-likeness (QED) is 0.512. The smallest absolute Gasteiger partial charge is 0.321 e. The zero-order chi connectivity index (χ0) is 15.0. The largest absolute Gasteiger partial charge is 0.354 e. The van der Waals surface area contributed by atoms with Crippen molar-refractivity contribution in [2.45, 2.75) is 51.1 Å². The molecule has 0 heterocycles. The predicted molar refractivity (Wildman–Crippen MR) is 73.9 cm³/mol. The van der Waals surface area contributed by atoms with Crippen molar-refractivity contribution in [2.75, 3.05) is 13.6 Å². The third-order valence-electron chi connectivity index (χ3n) is 3.53. The fourth-order valence-electron chi connectivity index (χ4n) is 2.19. The molecule has 0 aromatic rings. The van der Waals surface area contributed by atoms with E-state index in [0.29, 0.717) is 0 Å². The SMILES string of the molecule is CNC(=O)C[NH2+][C@@H](C)C(=O)NC(=O)NC1CCCCC1. The Morgan fingerprint density at radius 1 is 1.20 bits per heavy atom. The van der Waals surface area contributed by atoms with Gasteiger partial charge in [0.1, 0.15) is 0 Å². The molecule has 7 nitrogen and oxygen atoms in total. The topological polar surface area (TPSA) is 104 Å². The van der Waals surface area contributed by atoms with Crippen LogP contribution in [0.2, 0.25) is 0 Å². The molecule has 1 atom stereocenters. The van der Waals surface area contributed by atoms with Crippen LogP contribution in [0.3, 0.4) is 0 Å². The summed E-state index contributed by atoms with van der Waals surface area (Å²) in [4.78, 5) is 34.5. The number of nitrogens with two attached hydrogens (primary N) is 1. The number of likely N-dealkylation sites (N-methyl/N-ethyl adjacent to an activating group) is 1. The first-order valence-electron chi connectivity index (χ1n) is 7.18. The fraction of sp³-hybridized carbons (Fsp3) is 0.769. The fourth-order valence-corrected chi connectivity index (χ4v) is 2.19. The highest BCUT2D eigenvalue weighted by atomic mass is 16.2. The lowest BCUT2D eigenvalue weighted by Crippen LogP contribution is -2.93. The van der Waals surface area contributed by atoms with E-state index in [4.69, 9.17) is 0 Å². The molecule has 0 radical (unpaired) electrons. The van der Waals surface area contributed by atoms with Gasteiger partial charge in [0.15, 0.2) is 12.6 Å². The van der Waals surface area contributed by atoms with E-state index in [1.54, 1.807) is 19.3 Å². The van der Waals surface area contributed by atoms with Crippen LogP contribution in [0.25, 0.3) is 0 Å². The number of imide groups is 1. The maximum Gasteiger partial charge on any atom is 0.321 e. The van der Waals surface area contributed by atoms with Gasteiger partial charge in [0.25, 0.3) is 11.8 Å². The molecule has 5 N–H and O–H groups in total. The minimum absolute atomic E-state index is 0.156. The summed E-state index contributed by atoms with van der Waals surface area (Å²) < 4.78 is 0. The van der Waals surface area contributed by atoms with Crippen molar-refractivity contribution in [1.82, 2.24) is 16.0 Å². The van der Waals surface area contributed by atoms with Crippen LogP contribution in [0, 0.1) is 0 Å². The summed E-state index contributed by atoms with van der Waals surface area (Å²) in [6.45, 7) is 1.82. The molecule has 4 amide bonds. The highest BCUT2D eigenvalue weighted by molar-refractivity contribution is 5.96. The highest BCUT2D eigenvalue weighted by Gasteiger charge is 2.21. The average molecular weight is 285 g/mol.